The maximum atomic E-state index is 13.5. The van der Waals surface area contributed by atoms with Crippen molar-refractivity contribution in [3.05, 3.63) is 23.3 Å². The second-order valence-electron chi connectivity index (χ2n) is 3.37. The van der Waals surface area contributed by atoms with Crippen LogP contribution in [0.4, 0.5) is 30.7 Å². The zero-order valence-electron chi connectivity index (χ0n) is 9.14. The van der Waals surface area contributed by atoms with Crippen LogP contribution < -0.4 is 4.74 Å². The minimum absolute atomic E-state index is 0.0301. The fraction of sp³-hybridized carbons (Fsp3) is 0.333. The van der Waals surface area contributed by atoms with Gasteiger partial charge in [0.1, 0.15) is 5.56 Å². The fourth-order valence-corrected chi connectivity index (χ4v) is 1.24. The van der Waals surface area contributed by atoms with Crippen molar-refractivity contribution < 1.29 is 45.4 Å². The first-order valence-electron chi connectivity index (χ1n) is 4.64. The molecule has 1 rings (SSSR count). The molecule has 1 aromatic heterocycles. The quantitative estimate of drug-likeness (QED) is 0.872. The van der Waals surface area contributed by atoms with E-state index in [0.29, 0.717) is 0 Å². The summed E-state index contributed by atoms with van der Waals surface area (Å²) in [5, 5.41) is 8.34. The Morgan fingerprint density at radius 2 is 1.80 bits per heavy atom. The Kier molecular flexibility index (Phi) is 4.10. The van der Waals surface area contributed by atoms with E-state index >= 15 is 0 Å². The first kappa shape index (κ1) is 16.0. The van der Waals surface area contributed by atoms with E-state index in [0.717, 1.165) is 0 Å². The molecule has 0 aromatic carbocycles. The Bertz CT molecular complexity index is 523. The molecule has 1 aromatic rings. The van der Waals surface area contributed by atoms with Gasteiger partial charge in [0.25, 0.3) is 0 Å². The number of carboxylic acid groups (broad SMARTS) is 1. The van der Waals surface area contributed by atoms with E-state index in [1.165, 1.54) is 0 Å². The van der Waals surface area contributed by atoms with Gasteiger partial charge >= 0.3 is 18.5 Å². The molecule has 0 atom stereocenters. The molecule has 0 aliphatic carbocycles. The van der Waals surface area contributed by atoms with Crippen LogP contribution in [-0.4, -0.2) is 22.4 Å². The maximum absolute atomic E-state index is 13.5. The molecule has 0 fully saturated rings. The van der Waals surface area contributed by atoms with Gasteiger partial charge in [0.05, 0.1) is 18.3 Å². The summed E-state index contributed by atoms with van der Waals surface area (Å²) < 4.78 is 89.9. The van der Waals surface area contributed by atoms with Crippen molar-refractivity contribution in [2.45, 2.75) is 19.0 Å². The van der Waals surface area contributed by atoms with Crippen LogP contribution in [-0.2, 0) is 17.4 Å². The summed E-state index contributed by atoms with van der Waals surface area (Å²) in [5.41, 5.74) is -3.51. The van der Waals surface area contributed by atoms with Crippen LogP contribution in [0.25, 0.3) is 0 Å². The average Bonchev–Trinajstić information content (AvgIpc) is 2.17. The number of rotatable bonds is 3. The highest BCUT2D eigenvalue weighted by molar-refractivity contribution is 5.69. The van der Waals surface area contributed by atoms with Crippen LogP contribution in [0, 0.1) is 5.82 Å². The lowest BCUT2D eigenvalue weighted by molar-refractivity contribution is -0.276. The Morgan fingerprint density at radius 3 is 2.20 bits per heavy atom. The van der Waals surface area contributed by atoms with Gasteiger partial charge in [-0.25, -0.2) is 4.39 Å². The van der Waals surface area contributed by atoms with Gasteiger partial charge in [0, 0.05) is 0 Å². The monoisotopic (exact) mass is 307 g/mol. The predicted octanol–water partition coefficient (Wildman–Crippen LogP) is 2.77. The van der Waals surface area contributed by atoms with E-state index < -0.39 is 47.8 Å². The van der Waals surface area contributed by atoms with Gasteiger partial charge in [0.2, 0.25) is 0 Å². The minimum Gasteiger partial charge on any atom is -0.481 e. The molecule has 0 saturated heterocycles. The van der Waals surface area contributed by atoms with Gasteiger partial charge in [-0.3, -0.25) is 9.78 Å². The second-order valence-corrected chi connectivity index (χ2v) is 3.37. The van der Waals surface area contributed by atoms with Crippen LogP contribution in [0.15, 0.2) is 6.20 Å². The maximum Gasteiger partial charge on any atom is 0.573 e. The third-order valence-corrected chi connectivity index (χ3v) is 1.88. The molecular weight excluding hydrogens is 303 g/mol. The van der Waals surface area contributed by atoms with Crippen LogP contribution in [0.5, 0.6) is 5.75 Å². The second kappa shape index (κ2) is 5.13. The molecule has 0 spiro atoms. The molecule has 0 saturated carbocycles. The van der Waals surface area contributed by atoms with Crippen LogP contribution >= 0.6 is 0 Å². The van der Waals surface area contributed by atoms with Crippen LogP contribution in [0.3, 0.4) is 0 Å². The minimum atomic E-state index is -5.51. The first-order chi connectivity index (χ1) is 8.92. The molecule has 0 radical (unpaired) electrons. The summed E-state index contributed by atoms with van der Waals surface area (Å²) in [4.78, 5) is 13.2. The topological polar surface area (TPSA) is 59.4 Å². The third-order valence-electron chi connectivity index (χ3n) is 1.88. The molecule has 0 aliphatic rings. The van der Waals surface area contributed by atoms with Gasteiger partial charge in [-0.05, 0) is 0 Å². The number of carboxylic acids is 1. The number of carbonyl (C=O) groups is 1. The van der Waals surface area contributed by atoms with E-state index in [2.05, 4.69) is 9.72 Å². The van der Waals surface area contributed by atoms with E-state index in [9.17, 15) is 35.5 Å². The Labute approximate surface area is 105 Å². The van der Waals surface area contributed by atoms with Crippen molar-refractivity contribution in [3.63, 3.8) is 0 Å². The molecule has 4 nitrogen and oxygen atoms in total. The van der Waals surface area contributed by atoms with Crippen molar-refractivity contribution in [3.8, 4) is 5.75 Å². The van der Waals surface area contributed by atoms with Crippen molar-refractivity contribution >= 4 is 5.97 Å². The lowest BCUT2D eigenvalue weighted by Crippen LogP contribution is -2.22. The fourth-order valence-electron chi connectivity index (χ4n) is 1.24. The number of halogens is 7. The van der Waals surface area contributed by atoms with Crippen LogP contribution in [0.2, 0.25) is 0 Å². The molecule has 1 heterocycles. The summed E-state index contributed by atoms with van der Waals surface area (Å²) in [6, 6.07) is 0. The Balaban J connectivity index is 3.40. The molecule has 0 aliphatic heterocycles. The van der Waals surface area contributed by atoms with Crippen molar-refractivity contribution in [1.82, 2.24) is 4.98 Å². The molecule has 0 bridgehead atoms. The van der Waals surface area contributed by atoms with E-state index in [-0.39, 0.29) is 6.20 Å². The number of hydrogen-bond donors (Lipinski definition) is 1. The molecule has 20 heavy (non-hydrogen) atoms. The van der Waals surface area contributed by atoms with Gasteiger partial charge in [-0.2, -0.15) is 13.2 Å². The van der Waals surface area contributed by atoms with E-state index in [1.807, 2.05) is 0 Å². The molecule has 1 N–H and O–H groups in total. The van der Waals surface area contributed by atoms with Gasteiger partial charge < -0.3 is 9.84 Å². The smallest absolute Gasteiger partial charge is 0.481 e. The summed E-state index contributed by atoms with van der Waals surface area (Å²) in [6.45, 7) is 0. The lowest BCUT2D eigenvalue weighted by atomic mass is 10.1. The van der Waals surface area contributed by atoms with Crippen molar-refractivity contribution in [1.29, 1.82) is 0 Å². The summed E-state index contributed by atoms with van der Waals surface area (Å²) in [6.07, 6.45) is -12.2. The molecular formula is C9H4F7NO3. The summed E-state index contributed by atoms with van der Waals surface area (Å²) in [7, 11) is 0. The summed E-state index contributed by atoms with van der Waals surface area (Å²) >= 11 is 0. The third kappa shape index (κ3) is 3.96. The largest absolute Gasteiger partial charge is 0.573 e. The molecule has 0 amide bonds. The summed E-state index contributed by atoms with van der Waals surface area (Å²) in [5.74, 6) is -5.81. The molecule has 11 heteroatoms. The van der Waals surface area contributed by atoms with Crippen LogP contribution in [0.1, 0.15) is 11.3 Å². The number of hydrogen-bond acceptors (Lipinski definition) is 3. The first-order valence-corrected chi connectivity index (χ1v) is 4.64. The van der Waals surface area contributed by atoms with Crippen molar-refractivity contribution in [2.75, 3.05) is 0 Å². The zero-order chi connectivity index (χ0) is 15.7. The number of nitrogens with zero attached hydrogens (tertiary/aromatic N) is 1. The lowest BCUT2D eigenvalue weighted by Gasteiger charge is -2.16. The van der Waals surface area contributed by atoms with E-state index in [1.54, 1.807) is 0 Å². The number of alkyl halides is 6. The number of pyridine rings is 1. The molecule has 0 unspecified atom stereocenters. The number of aliphatic carboxylic acids is 1. The predicted molar refractivity (Wildman–Crippen MR) is 47.2 cm³/mol. The standard InChI is InChI=1S/C9H4F7NO3/c10-7-3(1-5(18)19)17-2-4(20-9(14,15)16)6(7)8(11,12)13/h2H,1H2,(H,18,19). The highest BCUT2D eigenvalue weighted by atomic mass is 19.4. The highest BCUT2D eigenvalue weighted by Crippen LogP contribution is 2.40. The molecule has 112 valence electrons. The zero-order valence-corrected chi connectivity index (χ0v) is 9.14. The normalized spacial score (nSPS) is 12.3. The number of ether oxygens (including phenoxy) is 1. The van der Waals surface area contributed by atoms with Gasteiger partial charge in [0.15, 0.2) is 11.6 Å². The highest BCUT2D eigenvalue weighted by Gasteiger charge is 2.43. The van der Waals surface area contributed by atoms with Gasteiger partial charge in [-0.1, -0.05) is 0 Å². The SMILES string of the molecule is O=C(O)Cc1ncc(OC(F)(F)F)c(C(F)(F)F)c1F. The average molecular weight is 307 g/mol. The van der Waals surface area contributed by atoms with Gasteiger partial charge in [-0.15, -0.1) is 13.2 Å². The van der Waals surface area contributed by atoms with E-state index in [4.69, 9.17) is 5.11 Å². The number of aromatic nitrogens is 1. The Morgan fingerprint density at radius 1 is 1.25 bits per heavy atom. The van der Waals surface area contributed by atoms with Crippen molar-refractivity contribution in [2.24, 2.45) is 0 Å². The Hall–Kier alpha value is -2.07.